The van der Waals surface area contributed by atoms with E-state index in [1.165, 1.54) is 0 Å². The van der Waals surface area contributed by atoms with Crippen molar-refractivity contribution < 1.29 is 4.79 Å². The monoisotopic (exact) mass is 186 g/mol. The van der Waals surface area contributed by atoms with Crippen molar-refractivity contribution in [1.29, 1.82) is 5.26 Å². The van der Waals surface area contributed by atoms with Crippen molar-refractivity contribution in [3.8, 4) is 6.07 Å². The van der Waals surface area contributed by atoms with E-state index in [0.29, 0.717) is 11.1 Å². The Labute approximate surface area is 82.5 Å². The Hall–Kier alpha value is -2.08. The number of nitriles is 1. The molecule has 0 unspecified atom stereocenters. The van der Waals surface area contributed by atoms with Crippen LogP contribution in [0.2, 0.25) is 0 Å². The fraction of sp³-hybridized carbons (Fsp3) is 0.0909. The highest BCUT2D eigenvalue weighted by atomic mass is 16.1. The zero-order valence-electron chi connectivity index (χ0n) is 7.82. The molecule has 0 saturated heterocycles. The minimum absolute atomic E-state index is 0.452. The first-order valence-electron chi connectivity index (χ1n) is 4.12. The molecule has 70 valence electrons. The molecule has 0 aliphatic rings. The minimum atomic E-state index is -0.452. The summed E-state index contributed by atoms with van der Waals surface area (Å²) in [6.45, 7) is 1.64. The third kappa shape index (κ3) is 2.46. The summed E-state index contributed by atoms with van der Waals surface area (Å²) in [5, 5.41) is 8.64. The molecule has 2 N–H and O–H groups in total. The van der Waals surface area contributed by atoms with Crippen LogP contribution in [0.25, 0.3) is 6.08 Å². The van der Waals surface area contributed by atoms with Crippen LogP contribution < -0.4 is 5.73 Å². The number of hydrogen-bond donors (Lipinski definition) is 1. The second kappa shape index (κ2) is 4.24. The first-order chi connectivity index (χ1) is 6.63. The zero-order chi connectivity index (χ0) is 10.6. The van der Waals surface area contributed by atoms with Crippen molar-refractivity contribution in [3.05, 3.63) is 41.0 Å². The highest BCUT2D eigenvalue weighted by molar-refractivity contribution is 5.95. The van der Waals surface area contributed by atoms with Gasteiger partial charge in [0.05, 0.1) is 11.6 Å². The van der Waals surface area contributed by atoms with Gasteiger partial charge in [-0.1, -0.05) is 12.1 Å². The van der Waals surface area contributed by atoms with Crippen LogP contribution in [0.4, 0.5) is 0 Å². The average Bonchev–Trinajstić information content (AvgIpc) is 2.18. The molecule has 0 radical (unpaired) electrons. The van der Waals surface area contributed by atoms with E-state index in [4.69, 9.17) is 11.0 Å². The van der Waals surface area contributed by atoms with Gasteiger partial charge in [-0.25, -0.2) is 0 Å². The van der Waals surface area contributed by atoms with Gasteiger partial charge in [0.15, 0.2) is 0 Å². The predicted molar refractivity (Wildman–Crippen MR) is 54.0 cm³/mol. The molecule has 1 aromatic carbocycles. The Morgan fingerprint density at radius 1 is 1.57 bits per heavy atom. The van der Waals surface area contributed by atoms with E-state index in [-0.39, 0.29) is 0 Å². The van der Waals surface area contributed by atoms with Gasteiger partial charge in [0.2, 0.25) is 5.91 Å². The quantitative estimate of drug-likeness (QED) is 0.710. The van der Waals surface area contributed by atoms with Gasteiger partial charge in [-0.05, 0) is 30.7 Å². The normalized spacial score (nSPS) is 10.7. The smallest absolute Gasteiger partial charge is 0.244 e. The van der Waals surface area contributed by atoms with Crippen LogP contribution in [0.3, 0.4) is 0 Å². The topological polar surface area (TPSA) is 66.9 Å². The lowest BCUT2D eigenvalue weighted by Crippen LogP contribution is -2.11. The van der Waals surface area contributed by atoms with E-state index in [1.54, 1.807) is 31.2 Å². The zero-order valence-corrected chi connectivity index (χ0v) is 7.82. The summed E-state index contributed by atoms with van der Waals surface area (Å²) in [6, 6.07) is 9.01. The van der Waals surface area contributed by atoms with Crippen LogP contribution in [-0.4, -0.2) is 5.91 Å². The number of nitrogens with zero attached hydrogens (tertiary/aromatic N) is 1. The van der Waals surface area contributed by atoms with Crippen molar-refractivity contribution in [2.24, 2.45) is 5.73 Å². The average molecular weight is 186 g/mol. The van der Waals surface area contributed by atoms with E-state index in [2.05, 4.69) is 0 Å². The van der Waals surface area contributed by atoms with Crippen LogP contribution in [-0.2, 0) is 4.79 Å². The summed E-state index contributed by atoms with van der Waals surface area (Å²) >= 11 is 0. The first-order valence-corrected chi connectivity index (χ1v) is 4.12. The number of nitrogens with two attached hydrogens (primary N) is 1. The molecular weight excluding hydrogens is 176 g/mol. The van der Waals surface area contributed by atoms with Gasteiger partial charge in [0.1, 0.15) is 0 Å². The van der Waals surface area contributed by atoms with Crippen molar-refractivity contribution >= 4 is 12.0 Å². The van der Waals surface area contributed by atoms with E-state index in [0.717, 1.165) is 5.56 Å². The van der Waals surface area contributed by atoms with E-state index < -0.39 is 5.91 Å². The molecule has 1 amide bonds. The second-order valence-electron chi connectivity index (χ2n) is 2.93. The summed E-state index contributed by atoms with van der Waals surface area (Å²) in [4.78, 5) is 10.7. The Bertz CT molecular complexity index is 427. The molecule has 0 bridgehead atoms. The fourth-order valence-corrected chi connectivity index (χ4v) is 1.02. The van der Waals surface area contributed by atoms with E-state index in [1.807, 2.05) is 12.1 Å². The molecule has 3 nitrogen and oxygen atoms in total. The third-order valence-electron chi connectivity index (χ3n) is 1.79. The molecule has 0 spiro atoms. The third-order valence-corrected chi connectivity index (χ3v) is 1.79. The van der Waals surface area contributed by atoms with Crippen LogP contribution in [0.5, 0.6) is 0 Å². The number of hydrogen-bond acceptors (Lipinski definition) is 2. The van der Waals surface area contributed by atoms with Gasteiger partial charge in [-0.3, -0.25) is 4.79 Å². The summed E-state index contributed by atoms with van der Waals surface area (Å²) < 4.78 is 0. The highest BCUT2D eigenvalue weighted by Gasteiger charge is 1.97. The van der Waals surface area contributed by atoms with Gasteiger partial charge in [-0.2, -0.15) is 5.26 Å². The number of benzene rings is 1. The number of primary amides is 1. The molecular formula is C11H10N2O. The molecule has 14 heavy (non-hydrogen) atoms. The molecule has 1 rings (SSSR count). The summed E-state index contributed by atoms with van der Waals surface area (Å²) in [6.07, 6.45) is 1.66. The van der Waals surface area contributed by atoms with Gasteiger partial charge in [0.25, 0.3) is 0 Å². The number of rotatable bonds is 2. The lowest BCUT2D eigenvalue weighted by molar-refractivity contribution is -0.114. The lowest BCUT2D eigenvalue weighted by Gasteiger charge is -1.96. The van der Waals surface area contributed by atoms with Crippen LogP contribution in [0, 0.1) is 11.3 Å². The number of amides is 1. The van der Waals surface area contributed by atoms with Gasteiger partial charge < -0.3 is 5.73 Å². The van der Waals surface area contributed by atoms with Gasteiger partial charge in [-0.15, -0.1) is 0 Å². The summed E-state index contributed by atoms with van der Waals surface area (Å²) in [5.41, 5.74) is 6.93. The first kappa shape index (κ1) is 10.0. The maximum atomic E-state index is 10.7. The molecule has 3 heteroatoms. The Morgan fingerprint density at radius 3 is 2.86 bits per heavy atom. The van der Waals surface area contributed by atoms with Gasteiger partial charge in [0, 0.05) is 5.57 Å². The standard InChI is InChI=1S/C11H10N2O/c1-8(11(13)14)5-9-3-2-4-10(6-9)7-12/h2-6H,1H3,(H2,13,14). The molecule has 0 aromatic heterocycles. The SMILES string of the molecule is CC(=Cc1cccc(C#N)c1)C(N)=O. The van der Waals surface area contributed by atoms with Crippen molar-refractivity contribution in [3.63, 3.8) is 0 Å². The minimum Gasteiger partial charge on any atom is -0.366 e. The summed E-state index contributed by atoms with van der Waals surface area (Å²) in [5.74, 6) is -0.452. The Kier molecular flexibility index (Phi) is 3.03. The second-order valence-corrected chi connectivity index (χ2v) is 2.93. The fourth-order valence-electron chi connectivity index (χ4n) is 1.02. The highest BCUT2D eigenvalue weighted by Crippen LogP contribution is 2.08. The molecule has 0 saturated carbocycles. The van der Waals surface area contributed by atoms with E-state index >= 15 is 0 Å². The Balaban J connectivity index is 3.04. The van der Waals surface area contributed by atoms with Crippen molar-refractivity contribution in [1.82, 2.24) is 0 Å². The van der Waals surface area contributed by atoms with Crippen LogP contribution >= 0.6 is 0 Å². The Morgan fingerprint density at radius 2 is 2.29 bits per heavy atom. The number of carbonyl (C=O) groups excluding carboxylic acids is 1. The lowest BCUT2D eigenvalue weighted by atomic mass is 10.1. The van der Waals surface area contributed by atoms with Crippen molar-refractivity contribution in [2.75, 3.05) is 0 Å². The largest absolute Gasteiger partial charge is 0.366 e. The van der Waals surface area contributed by atoms with E-state index in [9.17, 15) is 4.79 Å². The maximum Gasteiger partial charge on any atom is 0.244 e. The molecule has 0 aliphatic carbocycles. The van der Waals surface area contributed by atoms with Gasteiger partial charge >= 0.3 is 0 Å². The van der Waals surface area contributed by atoms with Crippen LogP contribution in [0.1, 0.15) is 18.1 Å². The van der Waals surface area contributed by atoms with Crippen LogP contribution in [0.15, 0.2) is 29.8 Å². The molecule has 0 aliphatic heterocycles. The maximum absolute atomic E-state index is 10.7. The molecule has 0 heterocycles. The predicted octanol–water partition coefficient (Wildman–Crippen LogP) is 1.45. The molecule has 0 fully saturated rings. The summed E-state index contributed by atoms with van der Waals surface area (Å²) in [7, 11) is 0. The number of carbonyl (C=O) groups is 1. The van der Waals surface area contributed by atoms with Crippen molar-refractivity contribution in [2.45, 2.75) is 6.92 Å². The molecule has 0 atom stereocenters. The molecule has 1 aromatic rings.